The van der Waals surface area contributed by atoms with E-state index in [9.17, 15) is 4.79 Å². The molecule has 0 radical (unpaired) electrons. The molecule has 4 rings (SSSR count). The minimum Gasteiger partial charge on any atom is -0.462 e. The number of ether oxygens (including phenoxy) is 1. The molecule has 0 saturated carbocycles. The smallest absolute Gasteiger partial charge is 0.338 e. The van der Waals surface area contributed by atoms with Gasteiger partial charge in [-0.1, -0.05) is 54.6 Å². The summed E-state index contributed by atoms with van der Waals surface area (Å²) in [7, 11) is 0. The van der Waals surface area contributed by atoms with Crippen molar-refractivity contribution in [1.29, 1.82) is 0 Å². The van der Waals surface area contributed by atoms with E-state index in [0.29, 0.717) is 31.2 Å². The number of aromatic nitrogens is 1. The second-order valence-corrected chi connectivity index (χ2v) is 7.64. The molecule has 1 aromatic heterocycles. The highest BCUT2D eigenvalue weighted by molar-refractivity contribution is 5.91. The predicted molar refractivity (Wildman–Crippen MR) is 132 cm³/mol. The summed E-state index contributed by atoms with van der Waals surface area (Å²) in [6, 6.07) is 25.1. The van der Waals surface area contributed by atoms with E-state index in [1.54, 1.807) is 18.1 Å². The van der Waals surface area contributed by atoms with Crippen LogP contribution in [-0.2, 0) is 16.1 Å². The largest absolute Gasteiger partial charge is 0.462 e. The van der Waals surface area contributed by atoms with Crippen molar-refractivity contribution in [2.24, 2.45) is 0 Å². The molecule has 0 aliphatic rings. The SMILES string of the molecule is CCOC(=O)c1ccccc1CN(OCC)c1ccccc1-c1nc(-c2ccccc2)oc1C. The summed E-state index contributed by atoms with van der Waals surface area (Å²) < 4.78 is 11.3. The molecule has 0 unspecified atom stereocenters. The molecule has 6 nitrogen and oxygen atoms in total. The number of hydrogen-bond donors (Lipinski definition) is 0. The standard InChI is InChI=1S/C28H28N2O4/c1-4-32-28(31)23-16-10-9-15-22(23)19-30(33-5-2)25-18-12-11-17-24(25)26-20(3)34-27(29-26)21-13-7-6-8-14-21/h6-18H,4-5,19H2,1-3H3. The van der Waals surface area contributed by atoms with Crippen LogP contribution in [0, 0.1) is 6.92 Å². The highest BCUT2D eigenvalue weighted by atomic mass is 16.7. The van der Waals surface area contributed by atoms with Crippen molar-refractivity contribution < 1.29 is 18.8 Å². The Bertz CT molecular complexity index is 1250. The van der Waals surface area contributed by atoms with Gasteiger partial charge in [0, 0.05) is 11.1 Å². The molecule has 4 aromatic rings. The van der Waals surface area contributed by atoms with Gasteiger partial charge in [-0.05, 0) is 50.6 Å². The Kier molecular flexibility index (Phi) is 7.40. The lowest BCUT2D eigenvalue weighted by atomic mass is 10.1. The number of aryl methyl sites for hydroxylation is 1. The summed E-state index contributed by atoms with van der Waals surface area (Å²) in [5, 5.41) is 1.80. The van der Waals surface area contributed by atoms with Gasteiger partial charge in [-0.25, -0.2) is 14.8 Å². The van der Waals surface area contributed by atoms with Crippen LogP contribution in [-0.4, -0.2) is 24.2 Å². The lowest BCUT2D eigenvalue weighted by Crippen LogP contribution is -2.25. The van der Waals surface area contributed by atoms with Gasteiger partial charge in [0.1, 0.15) is 11.5 Å². The summed E-state index contributed by atoms with van der Waals surface area (Å²) in [6.07, 6.45) is 0. The summed E-state index contributed by atoms with van der Waals surface area (Å²) in [5.74, 6) is 0.941. The summed E-state index contributed by atoms with van der Waals surface area (Å²) in [6.45, 7) is 6.78. The van der Waals surface area contributed by atoms with Gasteiger partial charge in [-0.15, -0.1) is 0 Å². The van der Waals surface area contributed by atoms with E-state index < -0.39 is 0 Å². The summed E-state index contributed by atoms with van der Waals surface area (Å²) in [4.78, 5) is 23.4. The second kappa shape index (κ2) is 10.8. The van der Waals surface area contributed by atoms with E-state index in [1.807, 2.05) is 86.6 Å². The second-order valence-electron chi connectivity index (χ2n) is 7.64. The molecule has 34 heavy (non-hydrogen) atoms. The number of hydrogen-bond acceptors (Lipinski definition) is 6. The van der Waals surface area contributed by atoms with Crippen LogP contribution in [0.15, 0.2) is 83.3 Å². The van der Waals surface area contributed by atoms with E-state index >= 15 is 0 Å². The fraction of sp³-hybridized carbons (Fsp3) is 0.214. The van der Waals surface area contributed by atoms with Gasteiger partial charge >= 0.3 is 5.97 Å². The molecular formula is C28H28N2O4. The van der Waals surface area contributed by atoms with Gasteiger partial charge in [0.15, 0.2) is 0 Å². The maximum Gasteiger partial charge on any atom is 0.338 e. The molecule has 174 valence electrons. The van der Waals surface area contributed by atoms with Gasteiger partial charge in [0.05, 0.1) is 31.0 Å². The Labute approximate surface area is 199 Å². The lowest BCUT2D eigenvalue weighted by molar-refractivity contribution is 0.0524. The third-order valence-electron chi connectivity index (χ3n) is 5.36. The van der Waals surface area contributed by atoms with Crippen LogP contribution in [0.4, 0.5) is 5.69 Å². The number of carbonyl (C=O) groups excluding carboxylic acids is 1. The molecule has 3 aromatic carbocycles. The van der Waals surface area contributed by atoms with Gasteiger partial charge in [0.2, 0.25) is 5.89 Å². The number of para-hydroxylation sites is 1. The molecule has 6 heteroatoms. The van der Waals surface area contributed by atoms with Gasteiger partial charge in [0.25, 0.3) is 0 Å². The third-order valence-corrected chi connectivity index (χ3v) is 5.36. The van der Waals surface area contributed by atoms with Crippen molar-refractivity contribution in [3.63, 3.8) is 0 Å². The minimum absolute atomic E-state index is 0.320. The number of carbonyl (C=O) groups is 1. The molecule has 0 bridgehead atoms. The van der Waals surface area contributed by atoms with Crippen LogP contribution < -0.4 is 5.06 Å². The zero-order valence-corrected chi connectivity index (χ0v) is 19.7. The topological polar surface area (TPSA) is 64.8 Å². The first kappa shape index (κ1) is 23.3. The third kappa shape index (κ3) is 5.02. The van der Waals surface area contributed by atoms with Crippen LogP contribution in [0.2, 0.25) is 0 Å². The molecule has 0 aliphatic carbocycles. The molecule has 0 spiro atoms. The number of nitrogens with zero attached hydrogens (tertiary/aromatic N) is 2. The van der Waals surface area contributed by atoms with Crippen molar-refractivity contribution in [1.82, 2.24) is 4.98 Å². The van der Waals surface area contributed by atoms with Crippen LogP contribution in [0.5, 0.6) is 0 Å². The number of esters is 1. The van der Waals surface area contributed by atoms with E-state index in [-0.39, 0.29) is 5.97 Å². The number of rotatable bonds is 9. The summed E-state index contributed by atoms with van der Waals surface area (Å²) in [5.41, 5.74) is 4.71. The molecule has 0 atom stereocenters. The average Bonchev–Trinajstić information content (AvgIpc) is 3.26. The first-order valence-corrected chi connectivity index (χ1v) is 11.4. The van der Waals surface area contributed by atoms with Crippen molar-refractivity contribution >= 4 is 11.7 Å². The lowest BCUT2D eigenvalue weighted by Gasteiger charge is -2.26. The first-order chi connectivity index (χ1) is 16.6. The molecule has 0 saturated heterocycles. The first-order valence-electron chi connectivity index (χ1n) is 11.4. The molecule has 0 amide bonds. The van der Waals surface area contributed by atoms with Gasteiger partial charge in [-0.2, -0.15) is 0 Å². The number of hydroxylamine groups is 1. The number of benzene rings is 3. The number of oxazole rings is 1. The average molecular weight is 457 g/mol. The fourth-order valence-electron chi connectivity index (χ4n) is 3.82. The van der Waals surface area contributed by atoms with Crippen molar-refractivity contribution in [3.05, 3.63) is 95.7 Å². The Balaban J connectivity index is 1.73. The Morgan fingerprint density at radius 3 is 2.38 bits per heavy atom. The zero-order chi connectivity index (χ0) is 23.9. The maximum absolute atomic E-state index is 12.5. The minimum atomic E-state index is -0.345. The molecule has 1 heterocycles. The van der Waals surface area contributed by atoms with Crippen molar-refractivity contribution in [2.75, 3.05) is 18.3 Å². The van der Waals surface area contributed by atoms with Gasteiger partial charge < -0.3 is 9.15 Å². The molecule has 0 N–H and O–H groups in total. The Hall–Kier alpha value is -3.90. The maximum atomic E-state index is 12.5. The molecular weight excluding hydrogens is 428 g/mol. The fourth-order valence-corrected chi connectivity index (χ4v) is 3.82. The summed E-state index contributed by atoms with van der Waals surface area (Å²) >= 11 is 0. The van der Waals surface area contributed by atoms with E-state index in [2.05, 4.69) is 0 Å². The number of anilines is 1. The highest BCUT2D eigenvalue weighted by Crippen LogP contribution is 2.35. The van der Waals surface area contributed by atoms with E-state index in [4.69, 9.17) is 19.0 Å². The predicted octanol–water partition coefficient (Wildman–Crippen LogP) is 6.45. The molecule has 0 aliphatic heterocycles. The monoisotopic (exact) mass is 456 g/mol. The highest BCUT2D eigenvalue weighted by Gasteiger charge is 2.21. The van der Waals surface area contributed by atoms with Gasteiger partial charge in [-0.3, -0.25) is 4.84 Å². The van der Waals surface area contributed by atoms with Crippen LogP contribution >= 0.6 is 0 Å². The van der Waals surface area contributed by atoms with Crippen LogP contribution in [0.3, 0.4) is 0 Å². The zero-order valence-electron chi connectivity index (χ0n) is 19.7. The Morgan fingerprint density at radius 2 is 1.62 bits per heavy atom. The van der Waals surface area contributed by atoms with Crippen LogP contribution in [0.25, 0.3) is 22.7 Å². The van der Waals surface area contributed by atoms with E-state index in [1.165, 1.54) is 0 Å². The quantitative estimate of drug-likeness (QED) is 0.213. The Morgan fingerprint density at radius 1 is 0.912 bits per heavy atom. The van der Waals surface area contributed by atoms with Crippen molar-refractivity contribution in [2.45, 2.75) is 27.3 Å². The van der Waals surface area contributed by atoms with Crippen molar-refractivity contribution in [3.8, 4) is 22.7 Å². The normalized spacial score (nSPS) is 10.8. The van der Waals surface area contributed by atoms with E-state index in [0.717, 1.165) is 33.8 Å². The molecule has 0 fully saturated rings. The van der Waals surface area contributed by atoms with Crippen LogP contribution in [0.1, 0.15) is 35.5 Å².